The molecular weight excluding hydrogens is 212 g/mol. The van der Waals surface area contributed by atoms with Gasteiger partial charge in [0.2, 0.25) is 0 Å². The molecule has 3 heteroatoms. The number of aryl methyl sites for hydroxylation is 2. The largest absolute Gasteiger partial charge is 0.493 e. The number of nitrogens with one attached hydrogen (secondary N) is 1. The molecule has 0 amide bonds. The number of nitrogens with zero attached hydrogens (tertiary/aromatic N) is 1. The summed E-state index contributed by atoms with van der Waals surface area (Å²) in [6, 6.07) is 10.3. The van der Waals surface area contributed by atoms with Crippen LogP contribution in [-0.2, 0) is 12.8 Å². The van der Waals surface area contributed by atoms with E-state index in [1.807, 2.05) is 25.1 Å². The summed E-state index contributed by atoms with van der Waals surface area (Å²) in [5.74, 6) is 0.925. The van der Waals surface area contributed by atoms with E-state index in [-0.39, 0.29) is 0 Å². The minimum Gasteiger partial charge on any atom is -0.493 e. The molecule has 1 aromatic carbocycles. The summed E-state index contributed by atoms with van der Waals surface area (Å²) < 4.78 is 5.66. The summed E-state index contributed by atoms with van der Waals surface area (Å²) in [6.45, 7) is 4.81. The minimum atomic E-state index is 0.662. The van der Waals surface area contributed by atoms with Gasteiger partial charge in [-0.15, -0.1) is 0 Å². The minimum absolute atomic E-state index is 0.662. The SMILES string of the molecule is CCc1ccc(OCCc2cc(C)[nH]n2)cc1. The second kappa shape index (κ2) is 5.53. The summed E-state index contributed by atoms with van der Waals surface area (Å²) in [4.78, 5) is 0. The van der Waals surface area contributed by atoms with Crippen molar-refractivity contribution in [3.8, 4) is 5.75 Å². The first-order chi connectivity index (χ1) is 8.28. The van der Waals surface area contributed by atoms with Crippen LogP contribution in [-0.4, -0.2) is 16.8 Å². The molecule has 0 fully saturated rings. The zero-order valence-corrected chi connectivity index (χ0v) is 10.4. The molecule has 1 N–H and O–H groups in total. The average Bonchev–Trinajstić information content (AvgIpc) is 2.76. The summed E-state index contributed by atoms with van der Waals surface area (Å²) in [5.41, 5.74) is 3.47. The van der Waals surface area contributed by atoms with Gasteiger partial charge >= 0.3 is 0 Å². The molecule has 1 aromatic heterocycles. The molecule has 2 aromatic rings. The Morgan fingerprint density at radius 2 is 2.00 bits per heavy atom. The number of hydrogen-bond acceptors (Lipinski definition) is 2. The van der Waals surface area contributed by atoms with Gasteiger partial charge in [0.15, 0.2) is 0 Å². The Morgan fingerprint density at radius 3 is 2.59 bits per heavy atom. The molecule has 17 heavy (non-hydrogen) atoms. The van der Waals surface area contributed by atoms with Crippen molar-refractivity contribution >= 4 is 0 Å². The van der Waals surface area contributed by atoms with Gasteiger partial charge in [-0.1, -0.05) is 19.1 Å². The van der Waals surface area contributed by atoms with Gasteiger partial charge in [-0.2, -0.15) is 5.10 Å². The molecule has 0 bridgehead atoms. The predicted octanol–water partition coefficient (Wildman–Crippen LogP) is 2.90. The van der Waals surface area contributed by atoms with Gasteiger partial charge in [0.1, 0.15) is 5.75 Å². The Morgan fingerprint density at radius 1 is 1.24 bits per heavy atom. The maximum atomic E-state index is 5.66. The van der Waals surface area contributed by atoms with Crippen LogP contribution in [0.1, 0.15) is 23.9 Å². The summed E-state index contributed by atoms with van der Waals surface area (Å²) in [7, 11) is 0. The van der Waals surface area contributed by atoms with Gasteiger partial charge in [-0.3, -0.25) is 5.10 Å². The van der Waals surface area contributed by atoms with Crippen LogP contribution in [0.3, 0.4) is 0 Å². The number of aromatic amines is 1. The molecule has 3 nitrogen and oxygen atoms in total. The third-order valence-electron chi connectivity index (χ3n) is 2.72. The monoisotopic (exact) mass is 230 g/mol. The zero-order chi connectivity index (χ0) is 12.1. The molecule has 0 aliphatic heterocycles. The van der Waals surface area contributed by atoms with Crippen molar-refractivity contribution in [2.24, 2.45) is 0 Å². The number of aromatic nitrogens is 2. The van der Waals surface area contributed by atoms with Crippen LogP contribution in [0, 0.1) is 6.92 Å². The number of rotatable bonds is 5. The van der Waals surface area contributed by atoms with Crippen LogP contribution in [0.4, 0.5) is 0 Å². The highest BCUT2D eigenvalue weighted by Crippen LogP contribution is 2.12. The van der Waals surface area contributed by atoms with Crippen molar-refractivity contribution in [1.29, 1.82) is 0 Å². The van der Waals surface area contributed by atoms with E-state index in [2.05, 4.69) is 29.3 Å². The molecule has 0 aliphatic rings. The molecule has 1 heterocycles. The van der Waals surface area contributed by atoms with Crippen molar-refractivity contribution in [3.05, 3.63) is 47.3 Å². The van der Waals surface area contributed by atoms with Gasteiger partial charge in [-0.05, 0) is 37.1 Å². The Labute approximate surface area is 102 Å². The van der Waals surface area contributed by atoms with Gasteiger partial charge in [0, 0.05) is 12.1 Å². The summed E-state index contributed by atoms with van der Waals surface area (Å²) in [6.07, 6.45) is 1.90. The number of hydrogen-bond donors (Lipinski definition) is 1. The fourth-order valence-corrected chi connectivity index (χ4v) is 1.70. The highest BCUT2D eigenvalue weighted by Gasteiger charge is 1.99. The van der Waals surface area contributed by atoms with Crippen LogP contribution in [0.2, 0.25) is 0 Å². The predicted molar refractivity (Wildman–Crippen MR) is 68.3 cm³/mol. The number of benzene rings is 1. The van der Waals surface area contributed by atoms with Crippen molar-refractivity contribution < 1.29 is 4.74 Å². The third-order valence-corrected chi connectivity index (χ3v) is 2.72. The normalized spacial score (nSPS) is 10.5. The summed E-state index contributed by atoms with van der Waals surface area (Å²) in [5, 5.41) is 7.10. The smallest absolute Gasteiger partial charge is 0.119 e. The van der Waals surface area contributed by atoms with Gasteiger partial charge in [0.25, 0.3) is 0 Å². The van der Waals surface area contributed by atoms with E-state index in [0.717, 1.165) is 30.0 Å². The maximum absolute atomic E-state index is 5.66. The number of ether oxygens (including phenoxy) is 1. The molecule has 90 valence electrons. The molecule has 0 unspecified atom stereocenters. The molecule has 0 spiro atoms. The van der Waals surface area contributed by atoms with Crippen LogP contribution in [0.5, 0.6) is 5.75 Å². The Kier molecular flexibility index (Phi) is 3.81. The van der Waals surface area contributed by atoms with Gasteiger partial charge in [0.05, 0.1) is 12.3 Å². The van der Waals surface area contributed by atoms with Crippen LogP contribution >= 0.6 is 0 Å². The van der Waals surface area contributed by atoms with E-state index < -0.39 is 0 Å². The van der Waals surface area contributed by atoms with Crippen molar-refractivity contribution in [1.82, 2.24) is 10.2 Å². The van der Waals surface area contributed by atoms with E-state index >= 15 is 0 Å². The lowest BCUT2D eigenvalue weighted by Gasteiger charge is -2.05. The first-order valence-electron chi connectivity index (χ1n) is 6.00. The van der Waals surface area contributed by atoms with Crippen molar-refractivity contribution in [3.63, 3.8) is 0 Å². The number of H-pyrrole nitrogens is 1. The molecule has 0 atom stereocenters. The quantitative estimate of drug-likeness (QED) is 0.857. The molecule has 0 saturated heterocycles. The zero-order valence-electron chi connectivity index (χ0n) is 10.4. The highest BCUT2D eigenvalue weighted by molar-refractivity contribution is 5.27. The lowest BCUT2D eigenvalue weighted by Crippen LogP contribution is -2.01. The Bertz CT molecular complexity index is 459. The molecule has 2 rings (SSSR count). The lowest BCUT2D eigenvalue weighted by atomic mass is 10.2. The standard InChI is InChI=1S/C14H18N2O/c1-3-12-4-6-14(7-5-12)17-9-8-13-10-11(2)15-16-13/h4-7,10H,3,8-9H2,1-2H3,(H,15,16). The first-order valence-corrected chi connectivity index (χ1v) is 6.00. The molecule has 0 aliphatic carbocycles. The van der Waals surface area contributed by atoms with Crippen LogP contribution in [0.25, 0.3) is 0 Å². The maximum Gasteiger partial charge on any atom is 0.119 e. The van der Waals surface area contributed by atoms with E-state index in [4.69, 9.17) is 4.74 Å². The second-order valence-electron chi connectivity index (χ2n) is 4.14. The Hall–Kier alpha value is -1.77. The van der Waals surface area contributed by atoms with E-state index in [9.17, 15) is 0 Å². The first kappa shape index (κ1) is 11.7. The highest BCUT2D eigenvalue weighted by atomic mass is 16.5. The van der Waals surface area contributed by atoms with Gasteiger partial charge < -0.3 is 4.74 Å². The van der Waals surface area contributed by atoms with E-state index in [1.165, 1.54) is 5.56 Å². The van der Waals surface area contributed by atoms with Crippen LogP contribution < -0.4 is 4.74 Å². The van der Waals surface area contributed by atoms with E-state index in [0.29, 0.717) is 6.61 Å². The molecular formula is C14H18N2O. The fourth-order valence-electron chi connectivity index (χ4n) is 1.70. The second-order valence-corrected chi connectivity index (χ2v) is 4.14. The summed E-state index contributed by atoms with van der Waals surface area (Å²) >= 11 is 0. The lowest BCUT2D eigenvalue weighted by molar-refractivity contribution is 0.320. The van der Waals surface area contributed by atoms with Crippen molar-refractivity contribution in [2.45, 2.75) is 26.7 Å². The third kappa shape index (κ3) is 3.34. The molecule has 0 radical (unpaired) electrons. The van der Waals surface area contributed by atoms with Gasteiger partial charge in [-0.25, -0.2) is 0 Å². The topological polar surface area (TPSA) is 37.9 Å². The molecule has 0 saturated carbocycles. The Balaban J connectivity index is 1.81. The van der Waals surface area contributed by atoms with Crippen molar-refractivity contribution in [2.75, 3.05) is 6.61 Å². The van der Waals surface area contributed by atoms with E-state index in [1.54, 1.807) is 0 Å². The fraction of sp³-hybridized carbons (Fsp3) is 0.357. The van der Waals surface area contributed by atoms with Crippen LogP contribution in [0.15, 0.2) is 30.3 Å². The average molecular weight is 230 g/mol.